The maximum Gasteiger partial charge on any atom is 0.338 e. The summed E-state index contributed by atoms with van der Waals surface area (Å²) in [5.74, 6) is -1.31. The third-order valence-corrected chi connectivity index (χ3v) is 2.62. The molecule has 3 nitrogen and oxygen atoms in total. The Balaban J connectivity index is 3.22. The molecule has 0 saturated heterocycles. The molecule has 19 heavy (non-hydrogen) atoms. The molecule has 0 heterocycles. The van der Waals surface area contributed by atoms with Gasteiger partial charge in [0.15, 0.2) is 5.78 Å². The molecule has 0 spiro atoms. The van der Waals surface area contributed by atoms with E-state index >= 15 is 0 Å². The number of benzene rings is 1. The van der Waals surface area contributed by atoms with Crippen molar-refractivity contribution >= 4 is 23.4 Å². The summed E-state index contributed by atoms with van der Waals surface area (Å²) in [6.45, 7) is 3.15. The van der Waals surface area contributed by atoms with Crippen molar-refractivity contribution in [3.05, 3.63) is 34.9 Å². The second kappa shape index (κ2) is 6.61. The summed E-state index contributed by atoms with van der Waals surface area (Å²) in [5.41, 5.74) is -0.704. The Kier molecular flexibility index (Phi) is 5.42. The number of Topliss-reactive ketones (excluding diaryl/α,β-unsaturated/α-hetero) is 1. The van der Waals surface area contributed by atoms with E-state index in [2.05, 4.69) is 0 Å². The highest BCUT2D eigenvalue weighted by molar-refractivity contribution is 6.33. The van der Waals surface area contributed by atoms with Crippen molar-refractivity contribution in [2.75, 3.05) is 6.61 Å². The van der Waals surface area contributed by atoms with Gasteiger partial charge in [-0.25, -0.2) is 13.6 Å². The zero-order valence-electron chi connectivity index (χ0n) is 10.5. The number of carbonyl (C=O) groups is 2. The molecule has 1 atom stereocenters. The fourth-order valence-electron chi connectivity index (χ4n) is 1.52. The Morgan fingerprint density at radius 1 is 1.37 bits per heavy atom. The normalized spacial score (nSPS) is 12.3. The van der Waals surface area contributed by atoms with Gasteiger partial charge in [-0.2, -0.15) is 0 Å². The lowest BCUT2D eigenvalue weighted by Gasteiger charge is -2.11. The second-order valence-corrected chi connectivity index (χ2v) is 4.46. The number of alkyl halides is 3. The number of halogens is 3. The topological polar surface area (TPSA) is 43.4 Å². The van der Waals surface area contributed by atoms with E-state index in [0.717, 1.165) is 6.07 Å². The fourth-order valence-corrected chi connectivity index (χ4v) is 1.64. The number of carbonyl (C=O) groups excluding carboxylic acids is 2. The SMILES string of the molecule is CCOC(=O)c1ccc(C(=O)C(C)Cl)c(C(F)F)c1. The van der Waals surface area contributed by atoms with E-state index < -0.39 is 29.1 Å². The zero-order chi connectivity index (χ0) is 14.6. The number of hydrogen-bond acceptors (Lipinski definition) is 3. The minimum absolute atomic E-state index is 0.0177. The molecule has 0 aliphatic carbocycles. The molecular formula is C13H13ClF2O3. The van der Waals surface area contributed by atoms with Crippen LogP contribution >= 0.6 is 11.6 Å². The van der Waals surface area contributed by atoms with E-state index in [1.165, 1.54) is 19.1 Å². The fraction of sp³-hybridized carbons (Fsp3) is 0.385. The van der Waals surface area contributed by atoms with Crippen LogP contribution in [0.15, 0.2) is 18.2 Å². The number of hydrogen-bond donors (Lipinski definition) is 0. The summed E-state index contributed by atoms with van der Waals surface area (Å²) >= 11 is 5.61. The standard InChI is InChI=1S/C13H13ClF2O3/c1-3-19-13(18)8-4-5-9(11(17)7(2)14)10(6-8)12(15)16/h4-7,12H,3H2,1-2H3. The van der Waals surface area contributed by atoms with Crippen LogP contribution in [0.25, 0.3) is 0 Å². The van der Waals surface area contributed by atoms with E-state index in [4.69, 9.17) is 16.3 Å². The Morgan fingerprint density at radius 3 is 2.47 bits per heavy atom. The van der Waals surface area contributed by atoms with Crippen LogP contribution in [0.5, 0.6) is 0 Å². The maximum absolute atomic E-state index is 12.9. The molecule has 0 bridgehead atoms. The van der Waals surface area contributed by atoms with Crippen molar-refractivity contribution in [2.24, 2.45) is 0 Å². The molecule has 1 unspecified atom stereocenters. The van der Waals surface area contributed by atoms with E-state index in [1.54, 1.807) is 6.92 Å². The Bertz CT molecular complexity index is 487. The summed E-state index contributed by atoms with van der Waals surface area (Å²) in [7, 11) is 0. The molecule has 104 valence electrons. The molecule has 0 aliphatic heterocycles. The average Bonchev–Trinajstić information content (AvgIpc) is 2.37. The highest BCUT2D eigenvalue weighted by Crippen LogP contribution is 2.26. The maximum atomic E-state index is 12.9. The van der Waals surface area contributed by atoms with Crippen LogP contribution < -0.4 is 0 Å². The lowest BCUT2D eigenvalue weighted by atomic mass is 9.99. The number of esters is 1. The highest BCUT2D eigenvalue weighted by Gasteiger charge is 2.23. The summed E-state index contributed by atoms with van der Waals surface area (Å²) in [5, 5.41) is -0.911. The molecule has 0 aliphatic rings. The number of ketones is 1. The summed E-state index contributed by atoms with van der Waals surface area (Å²) in [4.78, 5) is 23.2. The van der Waals surface area contributed by atoms with E-state index in [9.17, 15) is 18.4 Å². The van der Waals surface area contributed by atoms with Gasteiger partial charge in [0.1, 0.15) is 0 Å². The first-order valence-electron chi connectivity index (χ1n) is 5.66. The average molecular weight is 291 g/mol. The molecule has 1 aromatic rings. The van der Waals surface area contributed by atoms with Gasteiger partial charge in [-0.3, -0.25) is 4.79 Å². The minimum atomic E-state index is -2.87. The van der Waals surface area contributed by atoms with Crippen molar-refractivity contribution in [3.63, 3.8) is 0 Å². The third-order valence-electron chi connectivity index (χ3n) is 2.42. The van der Waals surface area contributed by atoms with E-state index in [0.29, 0.717) is 0 Å². The molecule has 0 fully saturated rings. The van der Waals surface area contributed by atoms with Gasteiger partial charge >= 0.3 is 5.97 Å². The van der Waals surface area contributed by atoms with Gasteiger partial charge in [-0.1, -0.05) is 6.07 Å². The van der Waals surface area contributed by atoms with Gasteiger partial charge in [-0.15, -0.1) is 11.6 Å². The molecule has 0 saturated carbocycles. The van der Waals surface area contributed by atoms with Crippen molar-refractivity contribution in [3.8, 4) is 0 Å². The van der Waals surface area contributed by atoms with Crippen LogP contribution in [0.3, 0.4) is 0 Å². The molecule has 0 amide bonds. The van der Waals surface area contributed by atoms with Crippen LogP contribution in [-0.4, -0.2) is 23.7 Å². The van der Waals surface area contributed by atoms with Crippen molar-refractivity contribution < 1.29 is 23.1 Å². The Hall–Kier alpha value is -1.49. The smallest absolute Gasteiger partial charge is 0.338 e. The first kappa shape index (κ1) is 15.6. The van der Waals surface area contributed by atoms with Crippen molar-refractivity contribution in [2.45, 2.75) is 25.7 Å². The van der Waals surface area contributed by atoms with E-state index in [-0.39, 0.29) is 17.7 Å². The van der Waals surface area contributed by atoms with Crippen LogP contribution in [0.1, 0.15) is 46.6 Å². The van der Waals surface area contributed by atoms with Gasteiger partial charge in [0, 0.05) is 11.1 Å². The Morgan fingerprint density at radius 2 is 2.00 bits per heavy atom. The summed E-state index contributed by atoms with van der Waals surface area (Å²) in [6.07, 6.45) is -2.87. The van der Waals surface area contributed by atoms with Gasteiger partial charge in [0.2, 0.25) is 0 Å². The van der Waals surface area contributed by atoms with Gasteiger partial charge < -0.3 is 4.74 Å². The predicted molar refractivity (Wildman–Crippen MR) is 67.0 cm³/mol. The quantitative estimate of drug-likeness (QED) is 0.473. The van der Waals surface area contributed by atoms with Crippen molar-refractivity contribution in [1.82, 2.24) is 0 Å². The summed E-state index contributed by atoms with van der Waals surface area (Å²) in [6, 6.07) is 3.42. The van der Waals surface area contributed by atoms with Crippen molar-refractivity contribution in [1.29, 1.82) is 0 Å². The van der Waals surface area contributed by atoms with Crippen LogP contribution in [0.4, 0.5) is 8.78 Å². The Labute approximate surface area is 114 Å². The molecule has 0 radical (unpaired) electrons. The zero-order valence-corrected chi connectivity index (χ0v) is 11.2. The second-order valence-electron chi connectivity index (χ2n) is 3.80. The monoisotopic (exact) mass is 290 g/mol. The summed E-state index contributed by atoms with van der Waals surface area (Å²) < 4.78 is 30.6. The van der Waals surface area contributed by atoms with Gasteiger partial charge in [-0.05, 0) is 26.0 Å². The predicted octanol–water partition coefficient (Wildman–Crippen LogP) is 3.61. The molecule has 0 aromatic heterocycles. The molecule has 6 heteroatoms. The lowest BCUT2D eigenvalue weighted by Crippen LogP contribution is -2.15. The van der Waals surface area contributed by atoms with Gasteiger partial charge in [0.05, 0.1) is 17.5 Å². The van der Waals surface area contributed by atoms with Gasteiger partial charge in [0.25, 0.3) is 6.43 Å². The van der Waals surface area contributed by atoms with Crippen LogP contribution in [0.2, 0.25) is 0 Å². The highest BCUT2D eigenvalue weighted by atomic mass is 35.5. The third kappa shape index (κ3) is 3.73. The molecule has 1 rings (SSSR count). The van der Waals surface area contributed by atoms with Crippen LogP contribution in [0, 0.1) is 0 Å². The largest absolute Gasteiger partial charge is 0.462 e. The lowest BCUT2D eigenvalue weighted by molar-refractivity contribution is 0.0525. The first-order valence-corrected chi connectivity index (χ1v) is 6.09. The number of rotatable bonds is 5. The van der Waals surface area contributed by atoms with Crippen LogP contribution in [-0.2, 0) is 4.74 Å². The number of ether oxygens (including phenoxy) is 1. The molecular weight excluding hydrogens is 278 g/mol. The minimum Gasteiger partial charge on any atom is -0.462 e. The molecule has 0 N–H and O–H groups in total. The first-order chi connectivity index (χ1) is 8.88. The van der Waals surface area contributed by atoms with E-state index in [1.807, 2.05) is 0 Å². The molecule has 1 aromatic carbocycles.